The van der Waals surface area contributed by atoms with Crippen LogP contribution in [0, 0.1) is 6.92 Å². The highest BCUT2D eigenvalue weighted by Crippen LogP contribution is 2.27. The van der Waals surface area contributed by atoms with Crippen molar-refractivity contribution in [1.82, 2.24) is 14.9 Å². The zero-order valence-electron chi connectivity index (χ0n) is 11.0. The maximum Gasteiger partial charge on any atom is 0.305 e. The van der Waals surface area contributed by atoms with Gasteiger partial charge >= 0.3 is 5.97 Å². The van der Waals surface area contributed by atoms with Crippen LogP contribution in [0.15, 0.2) is 11.1 Å². The highest BCUT2D eigenvalue weighted by Gasteiger charge is 2.21. The van der Waals surface area contributed by atoms with Crippen LogP contribution in [0.3, 0.4) is 0 Å². The number of aromatic nitrogens is 2. The lowest BCUT2D eigenvalue weighted by Crippen LogP contribution is -2.28. The molecule has 0 fully saturated rings. The van der Waals surface area contributed by atoms with E-state index >= 15 is 0 Å². The van der Waals surface area contributed by atoms with Crippen LogP contribution in [-0.4, -0.2) is 45.4 Å². The second-order valence-electron chi connectivity index (χ2n) is 4.34. The Morgan fingerprint density at radius 3 is 2.80 bits per heavy atom. The summed E-state index contributed by atoms with van der Waals surface area (Å²) >= 11 is 1.14. The van der Waals surface area contributed by atoms with Gasteiger partial charge in [0.1, 0.15) is 4.83 Å². The Kier molecular flexibility index (Phi) is 3.84. The number of H-pyrrole nitrogens is 1. The molecule has 0 aromatic carbocycles. The van der Waals surface area contributed by atoms with Crippen molar-refractivity contribution in [1.29, 1.82) is 0 Å². The summed E-state index contributed by atoms with van der Waals surface area (Å²) in [6, 6.07) is 0. The number of carboxylic acid groups (broad SMARTS) is 1. The maximum atomic E-state index is 12.3. The molecule has 0 spiro atoms. The third kappa shape index (κ3) is 2.55. The number of rotatable bonds is 4. The summed E-state index contributed by atoms with van der Waals surface area (Å²) < 4.78 is 0. The first-order chi connectivity index (χ1) is 9.41. The van der Waals surface area contributed by atoms with E-state index in [0.29, 0.717) is 20.7 Å². The van der Waals surface area contributed by atoms with Crippen LogP contribution < -0.4 is 5.56 Å². The van der Waals surface area contributed by atoms with Gasteiger partial charge in [-0.25, -0.2) is 4.98 Å². The van der Waals surface area contributed by atoms with E-state index in [0.717, 1.165) is 11.3 Å². The molecule has 1 amide bonds. The predicted octanol–water partition coefficient (Wildman–Crippen LogP) is 0.840. The third-order valence-electron chi connectivity index (χ3n) is 2.93. The smallest absolute Gasteiger partial charge is 0.305 e. The summed E-state index contributed by atoms with van der Waals surface area (Å²) in [5.74, 6) is -1.26. The number of amides is 1. The van der Waals surface area contributed by atoms with E-state index in [2.05, 4.69) is 9.97 Å². The number of aryl methyl sites for hydroxylation is 1. The molecule has 0 aliphatic rings. The molecule has 0 aliphatic carbocycles. The molecular weight excluding hydrogens is 282 g/mol. The van der Waals surface area contributed by atoms with Crippen molar-refractivity contribution < 1.29 is 14.7 Å². The molecule has 2 N–H and O–H groups in total. The predicted molar refractivity (Wildman–Crippen MR) is 74.2 cm³/mol. The van der Waals surface area contributed by atoms with Gasteiger partial charge in [0.25, 0.3) is 11.5 Å². The van der Waals surface area contributed by atoms with Crippen molar-refractivity contribution in [2.45, 2.75) is 13.3 Å². The van der Waals surface area contributed by atoms with Gasteiger partial charge in [-0.2, -0.15) is 0 Å². The lowest BCUT2D eigenvalue weighted by molar-refractivity contribution is -0.137. The van der Waals surface area contributed by atoms with Gasteiger partial charge in [0.05, 0.1) is 23.0 Å². The van der Waals surface area contributed by atoms with E-state index in [4.69, 9.17) is 5.11 Å². The first kappa shape index (κ1) is 14.2. The summed E-state index contributed by atoms with van der Waals surface area (Å²) in [6.45, 7) is 1.81. The van der Waals surface area contributed by atoms with Gasteiger partial charge in [0, 0.05) is 13.6 Å². The molecule has 0 aliphatic heterocycles. The van der Waals surface area contributed by atoms with Gasteiger partial charge in [-0.1, -0.05) is 0 Å². The molecule has 2 heterocycles. The number of carbonyl (C=O) groups is 2. The van der Waals surface area contributed by atoms with Gasteiger partial charge in [0.2, 0.25) is 0 Å². The standard InChI is InChI=1S/C12H13N3O4S/c1-6-8-10(18)13-5-14-11(8)20-9(6)12(19)15(2)4-3-7(16)17/h5H,3-4H2,1-2H3,(H,16,17)(H,13,14,18). The number of hydrogen-bond donors (Lipinski definition) is 2. The van der Waals surface area contributed by atoms with Crippen molar-refractivity contribution in [3.8, 4) is 0 Å². The van der Waals surface area contributed by atoms with Crippen LogP contribution in [0.1, 0.15) is 21.7 Å². The molecule has 0 saturated heterocycles. The summed E-state index contributed by atoms with van der Waals surface area (Å²) in [7, 11) is 1.53. The van der Waals surface area contributed by atoms with Crippen LogP contribution in [0.4, 0.5) is 0 Å². The molecule has 20 heavy (non-hydrogen) atoms. The minimum atomic E-state index is -0.962. The van der Waals surface area contributed by atoms with Gasteiger partial charge in [-0.05, 0) is 12.5 Å². The summed E-state index contributed by atoms with van der Waals surface area (Å²) in [4.78, 5) is 43.3. The second kappa shape index (κ2) is 5.41. The average molecular weight is 295 g/mol. The SMILES string of the molecule is Cc1c(C(=O)N(C)CCC(=O)O)sc2nc[nH]c(=O)c12. The number of thiophene rings is 1. The van der Waals surface area contributed by atoms with Crippen LogP contribution in [0.5, 0.6) is 0 Å². The fourth-order valence-corrected chi connectivity index (χ4v) is 2.97. The number of nitrogens with one attached hydrogen (secondary N) is 1. The van der Waals surface area contributed by atoms with E-state index < -0.39 is 5.97 Å². The van der Waals surface area contributed by atoms with Crippen molar-refractivity contribution in [3.63, 3.8) is 0 Å². The zero-order valence-corrected chi connectivity index (χ0v) is 11.8. The second-order valence-corrected chi connectivity index (χ2v) is 5.34. The average Bonchev–Trinajstić information content (AvgIpc) is 2.73. The summed E-state index contributed by atoms with van der Waals surface area (Å²) in [6.07, 6.45) is 1.17. The van der Waals surface area contributed by atoms with E-state index in [-0.39, 0.29) is 24.4 Å². The number of carbonyl (C=O) groups excluding carboxylic acids is 1. The molecule has 0 saturated carbocycles. The highest BCUT2D eigenvalue weighted by molar-refractivity contribution is 7.20. The van der Waals surface area contributed by atoms with Gasteiger partial charge in [0.15, 0.2) is 0 Å². The van der Waals surface area contributed by atoms with Crippen LogP contribution >= 0.6 is 11.3 Å². The number of carboxylic acids is 1. The Bertz CT molecular complexity index is 734. The fraction of sp³-hybridized carbons (Fsp3) is 0.333. The molecule has 106 valence electrons. The first-order valence-electron chi connectivity index (χ1n) is 5.86. The summed E-state index contributed by atoms with van der Waals surface area (Å²) in [5, 5.41) is 9.04. The van der Waals surface area contributed by atoms with Gasteiger partial charge in [-0.15, -0.1) is 11.3 Å². The van der Waals surface area contributed by atoms with Crippen LogP contribution in [0.25, 0.3) is 10.2 Å². The number of aliphatic carboxylic acids is 1. The van der Waals surface area contributed by atoms with E-state index in [1.165, 1.54) is 18.3 Å². The Morgan fingerprint density at radius 1 is 1.50 bits per heavy atom. The quantitative estimate of drug-likeness (QED) is 0.870. The molecule has 0 atom stereocenters. The fourth-order valence-electron chi connectivity index (χ4n) is 1.82. The third-order valence-corrected chi connectivity index (χ3v) is 4.12. The number of fused-ring (bicyclic) bond motifs is 1. The lowest BCUT2D eigenvalue weighted by Gasteiger charge is -2.15. The molecule has 2 rings (SSSR count). The van der Waals surface area contributed by atoms with Crippen LogP contribution in [0.2, 0.25) is 0 Å². The van der Waals surface area contributed by atoms with Crippen LogP contribution in [-0.2, 0) is 4.79 Å². The first-order valence-corrected chi connectivity index (χ1v) is 6.67. The number of aromatic amines is 1. The Balaban J connectivity index is 2.36. The molecular formula is C12H13N3O4S. The van der Waals surface area contributed by atoms with Crippen molar-refractivity contribution >= 4 is 33.4 Å². The highest BCUT2D eigenvalue weighted by atomic mass is 32.1. The van der Waals surface area contributed by atoms with E-state index in [1.54, 1.807) is 6.92 Å². The summed E-state index contributed by atoms with van der Waals surface area (Å²) in [5.41, 5.74) is 0.294. The largest absolute Gasteiger partial charge is 0.481 e. The van der Waals surface area contributed by atoms with Gasteiger partial charge in [-0.3, -0.25) is 14.4 Å². The molecule has 8 heteroatoms. The zero-order chi connectivity index (χ0) is 14.9. The molecule has 2 aromatic heterocycles. The minimum Gasteiger partial charge on any atom is -0.481 e. The normalized spacial score (nSPS) is 10.7. The molecule has 7 nitrogen and oxygen atoms in total. The Labute approximate surface area is 117 Å². The van der Waals surface area contributed by atoms with Crippen molar-refractivity contribution in [2.24, 2.45) is 0 Å². The molecule has 0 bridgehead atoms. The topological polar surface area (TPSA) is 103 Å². The maximum absolute atomic E-state index is 12.3. The lowest BCUT2D eigenvalue weighted by atomic mass is 10.2. The van der Waals surface area contributed by atoms with E-state index in [1.807, 2.05) is 0 Å². The van der Waals surface area contributed by atoms with Gasteiger partial charge < -0.3 is 15.0 Å². The molecule has 0 radical (unpaired) electrons. The number of nitrogens with zero attached hydrogens (tertiary/aromatic N) is 2. The Morgan fingerprint density at radius 2 is 2.20 bits per heavy atom. The monoisotopic (exact) mass is 295 g/mol. The molecule has 2 aromatic rings. The van der Waals surface area contributed by atoms with Crippen molar-refractivity contribution in [3.05, 3.63) is 27.1 Å². The minimum absolute atomic E-state index is 0.117. The molecule has 0 unspecified atom stereocenters. The Hall–Kier alpha value is -2.22. The van der Waals surface area contributed by atoms with E-state index in [9.17, 15) is 14.4 Å². The van der Waals surface area contributed by atoms with Crippen molar-refractivity contribution in [2.75, 3.05) is 13.6 Å². The number of hydrogen-bond acceptors (Lipinski definition) is 5.